The van der Waals surface area contributed by atoms with Gasteiger partial charge in [-0.1, -0.05) is 13.0 Å². The van der Waals surface area contributed by atoms with Crippen molar-refractivity contribution in [1.82, 2.24) is 10.6 Å². The minimum Gasteiger partial charge on any atom is -0.507 e. The number of hydrogen-bond donors (Lipinski definition) is 4. The Morgan fingerprint density at radius 1 is 1.42 bits per heavy atom. The second-order valence-electron chi connectivity index (χ2n) is 5.11. The molecule has 1 saturated heterocycles. The Bertz CT molecular complexity index is 442. The molecule has 1 aliphatic rings. The number of carbonyl (C=O) groups is 1. The predicted molar refractivity (Wildman–Crippen MR) is 72.2 cm³/mol. The molecule has 1 aliphatic heterocycles. The molecule has 4 N–H and O–H groups in total. The van der Waals surface area contributed by atoms with E-state index in [0.29, 0.717) is 18.4 Å². The van der Waals surface area contributed by atoms with Crippen LogP contribution in [0.25, 0.3) is 0 Å². The number of piperidine rings is 1. The third-order valence-corrected chi connectivity index (χ3v) is 3.74. The van der Waals surface area contributed by atoms with Crippen LogP contribution in [0, 0.1) is 11.8 Å². The van der Waals surface area contributed by atoms with Crippen molar-refractivity contribution in [1.29, 1.82) is 0 Å². The van der Waals surface area contributed by atoms with Crippen LogP contribution in [0.5, 0.6) is 11.5 Å². The quantitative estimate of drug-likeness (QED) is 0.658. The third-order valence-electron chi connectivity index (χ3n) is 3.74. The van der Waals surface area contributed by atoms with E-state index >= 15 is 0 Å². The summed E-state index contributed by atoms with van der Waals surface area (Å²) >= 11 is 0. The zero-order chi connectivity index (χ0) is 13.8. The van der Waals surface area contributed by atoms with Gasteiger partial charge in [0.1, 0.15) is 17.1 Å². The zero-order valence-corrected chi connectivity index (χ0v) is 11.0. The third kappa shape index (κ3) is 3.17. The highest BCUT2D eigenvalue weighted by atomic mass is 16.3. The number of benzene rings is 1. The van der Waals surface area contributed by atoms with E-state index in [1.54, 1.807) is 0 Å². The maximum absolute atomic E-state index is 12.0. The number of phenols is 2. The van der Waals surface area contributed by atoms with Gasteiger partial charge >= 0.3 is 0 Å². The molecule has 0 saturated carbocycles. The summed E-state index contributed by atoms with van der Waals surface area (Å²) in [7, 11) is 0. The van der Waals surface area contributed by atoms with Gasteiger partial charge in [-0.25, -0.2) is 0 Å². The predicted octanol–water partition coefficient (Wildman–Crippen LogP) is 1.07. The van der Waals surface area contributed by atoms with E-state index in [-0.39, 0.29) is 17.1 Å². The van der Waals surface area contributed by atoms with Crippen LogP contribution in [-0.4, -0.2) is 35.8 Å². The molecule has 1 aromatic rings. The number of rotatable bonds is 3. The highest BCUT2D eigenvalue weighted by Crippen LogP contribution is 2.26. The van der Waals surface area contributed by atoms with Crippen LogP contribution < -0.4 is 10.6 Å². The van der Waals surface area contributed by atoms with E-state index in [1.165, 1.54) is 18.2 Å². The highest BCUT2D eigenvalue weighted by Gasteiger charge is 2.23. The van der Waals surface area contributed by atoms with Crippen molar-refractivity contribution in [2.75, 3.05) is 19.6 Å². The molecule has 5 nitrogen and oxygen atoms in total. The minimum absolute atomic E-state index is 0.0518. The number of aromatic hydroxyl groups is 2. The summed E-state index contributed by atoms with van der Waals surface area (Å²) < 4.78 is 0. The second kappa shape index (κ2) is 5.93. The van der Waals surface area contributed by atoms with E-state index in [4.69, 9.17) is 0 Å². The minimum atomic E-state index is -0.429. The summed E-state index contributed by atoms with van der Waals surface area (Å²) in [5, 5.41) is 25.3. The largest absolute Gasteiger partial charge is 0.507 e. The summed E-state index contributed by atoms with van der Waals surface area (Å²) in [5.74, 6) is 0.110. The molecule has 2 atom stereocenters. The summed E-state index contributed by atoms with van der Waals surface area (Å²) in [6.45, 7) is 4.64. The number of amides is 1. The summed E-state index contributed by atoms with van der Waals surface area (Å²) in [6.07, 6.45) is 1.02. The average Bonchev–Trinajstić information content (AvgIpc) is 2.37. The number of nitrogens with one attached hydrogen (secondary N) is 2. The molecule has 2 unspecified atom stereocenters. The highest BCUT2D eigenvalue weighted by molar-refractivity contribution is 5.99. The van der Waals surface area contributed by atoms with Gasteiger partial charge in [0, 0.05) is 6.54 Å². The summed E-state index contributed by atoms with van der Waals surface area (Å²) in [6, 6.07) is 4.28. The molecule has 19 heavy (non-hydrogen) atoms. The smallest absolute Gasteiger partial charge is 0.258 e. The van der Waals surface area contributed by atoms with E-state index in [0.717, 1.165) is 19.5 Å². The molecule has 1 aromatic carbocycles. The van der Waals surface area contributed by atoms with Crippen LogP contribution in [0.2, 0.25) is 0 Å². The second-order valence-corrected chi connectivity index (χ2v) is 5.11. The van der Waals surface area contributed by atoms with Gasteiger partial charge in [0.25, 0.3) is 5.91 Å². The molecule has 0 spiro atoms. The molecule has 104 valence electrons. The Morgan fingerprint density at radius 3 is 2.74 bits per heavy atom. The Kier molecular flexibility index (Phi) is 4.27. The summed E-state index contributed by atoms with van der Waals surface area (Å²) in [4.78, 5) is 12.0. The first-order valence-corrected chi connectivity index (χ1v) is 6.59. The fourth-order valence-corrected chi connectivity index (χ4v) is 2.44. The fraction of sp³-hybridized carbons (Fsp3) is 0.500. The number of hydrogen-bond acceptors (Lipinski definition) is 4. The number of phenolic OH excluding ortho intramolecular Hbond substituents is 2. The Morgan fingerprint density at radius 2 is 2.11 bits per heavy atom. The van der Waals surface area contributed by atoms with Crippen molar-refractivity contribution in [2.45, 2.75) is 13.3 Å². The van der Waals surface area contributed by atoms with Crippen molar-refractivity contribution in [3.8, 4) is 11.5 Å². The van der Waals surface area contributed by atoms with Crippen LogP contribution in [0.3, 0.4) is 0 Å². The van der Waals surface area contributed by atoms with Crippen molar-refractivity contribution in [3.05, 3.63) is 23.8 Å². The van der Waals surface area contributed by atoms with Gasteiger partial charge in [-0.3, -0.25) is 4.79 Å². The van der Waals surface area contributed by atoms with E-state index in [2.05, 4.69) is 17.6 Å². The fourth-order valence-electron chi connectivity index (χ4n) is 2.44. The van der Waals surface area contributed by atoms with Crippen molar-refractivity contribution >= 4 is 5.91 Å². The van der Waals surface area contributed by atoms with E-state index in [1.807, 2.05) is 0 Å². The lowest BCUT2D eigenvalue weighted by atomic mass is 9.88. The first kappa shape index (κ1) is 13.7. The SMILES string of the molecule is CC1CNCCC1CNC(=O)c1c(O)cccc1O. The van der Waals surface area contributed by atoms with E-state index in [9.17, 15) is 15.0 Å². The molecule has 0 bridgehead atoms. The van der Waals surface area contributed by atoms with Crippen LogP contribution >= 0.6 is 0 Å². The first-order chi connectivity index (χ1) is 9.09. The van der Waals surface area contributed by atoms with Gasteiger partial charge in [-0.2, -0.15) is 0 Å². The average molecular weight is 264 g/mol. The lowest BCUT2D eigenvalue weighted by Gasteiger charge is -2.29. The standard InChI is InChI=1S/C14H20N2O3/c1-9-7-15-6-5-10(9)8-16-14(19)13-11(17)3-2-4-12(13)18/h2-4,9-10,15,17-18H,5-8H2,1H3,(H,16,19). The van der Waals surface area contributed by atoms with Gasteiger partial charge < -0.3 is 20.8 Å². The van der Waals surface area contributed by atoms with Gasteiger partial charge in [-0.15, -0.1) is 0 Å². The normalized spacial score (nSPS) is 23.0. The molecule has 0 aliphatic carbocycles. The van der Waals surface area contributed by atoms with Crippen molar-refractivity contribution in [2.24, 2.45) is 11.8 Å². The van der Waals surface area contributed by atoms with Gasteiger partial charge in [0.2, 0.25) is 0 Å². The molecule has 2 rings (SSSR count). The van der Waals surface area contributed by atoms with Crippen molar-refractivity contribution < 1.29 is 15.0 Å². The van der Waals surface area contributed by atoms with Crippen LogP contribution in [-0.2, 0) is 0 Å². The molecule has 1 heterocycles. The topological polar surface area (TPSA) is 81.6 Å². The van der Waals surface area contributed by atoms with Crippen molar-refractivity contribution in [3.63, 3.8) is 0 Å². The van der Waals surface area contributed by atoms with Crippen LogP contribution in [0.1, 0.15) is 23.7 Å². The number of carbonyl (C=O) groups excluding carboxylic acids is 1. The van der Waals surface area contributed by atoms with Gasteiger partial charge in [-0.05, 0) is 43.5 Å². The Labute approximate surface area is 112 Å². The van der Waals surface area contributed by atoms with Gasteiger partial charge in [0.05, 0.1) is 0 Å². The molecular weight excluding hydrogens is 244 g/mol. The Balaban J connectivity index is 1.97. The lowest BCUT2D eigenvalue weighted by molar-refractivity contribution is 0.0932. The van der Waals surface area contributed by atoms with Crippen LogP contribution in [0.4, 0.5) is 0 Å². The summed E-state index contributed by atoms with van der Waals surface area (Å²) in [5.41, 5.74) is -0.0518. The maximum Gasteiger partial charge on any atom is 0.258 e. The molecule has 5 heteroatoms. The molecular formula is C14H20N2O3. The monoisotopic (exact) mass is 264 g/mol. The van der Waals surface area contributed by atoms with E-state index < -0.39 is 5.91 Å². The molecule has 1 fully saturated rings. The lowest BCUT2D eigenvalue weighted by Crippen LogP contribution is -2.41. The Hall–Kier alpha value is -1.75. The zero-order valence-electron chi connectivity index (χ0n) is 11.0. The molecule has 0 radical (unpaired) electrons. The molecule has 1 amide bonds. The molecule has 0 aromatic heterocycles. The first-order valence-electron chi connectivity index (χ1n) is 6.59. The maximum atomic E-state index is 12.0. The van der Waals surface area contributed by atoms with Gasteiger partial charge in [0.15, 0.2) is 0 Å². The van der Waals surface area contributed by atoms with Crippen LogP contribution in [0.15, 0.2) is 18.2 Å².